The second kappa shape index (κ2) is 10.5. The van der Waals surface area contributed by atoms with Gasteiger partial charge in [0, 0.05) is 11.8 Å². The van der Waals surface area contributed by atoms with Gasteiger partial charge in [0.2, 0.25) is 0 Å². The molecule has 0 amide bonds. The molecule has 2 N–H and O–H groups in total. The van der Waals surface area contributed by atoms with Gasteiger partial charge < -0.3 is 19.7 Å². The molecular formula is C24H24O7. The van der Waals surface area contributed by atoms with Gasteiger partial charge >= 0.3 is 11.9 Å². The molecule has 1 aliphatic rings. The number of aliphatic hydroxyl groups is 1. The summed E-state index contributed by atoms with van der Waals surface area (Å²) in [7, 11) is 0. The topological polar surface area (TPSA) is 110 Å². The molecule has 0 radical (unpaired) electrons. The van der Waals surface area contributed by atoms with Gasteiger partial charge in [-0.25, -0.2) is 9.59 Å². The summed E-state index contributed by atoms with van der Waals surface area (Å²) in [6, 6.07) is 17.3. The minimum atomic E-state index is -1.62. The zero-order valence-electron chi connectivity index (χ0n) is 16.8. The number of ether oxygens (including phenoxy) is 2. The Balaban J connectivity index is 1.68. The number of benzene rings is 2. The van der Waals surface area contributed by atoms with E-state index in [4.69, 9.17) is 9.47 Å². The van der Waals surface area contributed by atoms with Crippen molar-refractivity contribution in [3.05, 3.63) is 78.4 Å². The van der Waals surface area contributed by atoms with Crippen molar-refractivity contribution in [1.29, 1.82) is 0 Å². The van der Waals surface area contributed by atoms with Crippen LogP contribution in [0.5, 0.6) is 5.75 Å². The fraction of sp³-hybridized carbons (Fsp3) is 0.292. The van der Waals surface area contributed by atoms with Crippen molar-refractivity contribution in [2.24, 2.45) is 11.8 Å². The van der Waals surface area contributed by atoms with Crippen LogP contribution in [0.4, 0.5) is 0 Å². The summed E-state index contributed by atoms with van der Waals surface area (Å²) in [6.45, 7) is -0.187. The molecule has 0 aromatic heterocycles. The summed E-state index contributed by atoms with van der Waals surface area (Å²) in [5.41, 5.74) is 0.375. The zero-order valence-corrected chi connectivity index (χ0v) is 16.8. The molecule has 3 rings (SSSR count). The fourth-order valence-corrected chi connectivity index (χ4v) is 3.69. The van der Waals surface area contributed by atoms with E-state index < -0.39 is 36.0 Å². The van der Waals surface area contributed by atoms with Crippen LogP contribution in [0.15, 0.2) is 72.8 Å². The predicted molar refractivity (Wildman–Crippen MR) is 112 cm³/mol. The van der Waals surface area contributed by atoms with Gasteiger partial charge in [-0.05, 0) is 43.2 Å². The van der Waals surface area contributed by atoms with Crippen molar-refractivity contribution in [2.75, 3.05) is 6.61 Å². The Bertz CT molecular complexity index is 923. The summed E-state index contributed by atoms with van der Waals surface area (Å²) in [5.74, 6) is -2.94. The molecule has 7 nitrogen and oxygen atoms in total. The van der Waals surface area contributed by atoms with Gasteiger partial charge in [-0.2, -0.15) is 0 Å². The van der Waals surface area contributed by atoms with E-state index in [9.17, 15) is 24.6 Å². The van der Waals surface area contributed by atoms with E-state index in [1.54, 1.807) is 54.6 Å². The third-order valence-corrected chi connectivity index (χ3v) is 5.26. The third kappa shape index (κ3) is 6.02. The lowest BCUT2D eigenvalue weighted by Gasteiger charge is -2.24. The molecule has 1 fully saturated rings. The number of carbonyl (C=O) groups is 3. The third-order valence-electron chi connectivity index (χ3n) is 5.26. The Morgan fingerprint density at radius 1 is 1.00 bits per heavy atom. The predicted octanol–water partition coefficient (Wildman–Crippen LogP) is 2.89. The maximum atomic E-state index is 12.4. The van der Waals surface area contributed by atoms with E-state index in [-0.39, 0.29) is 12.4 Å². The Kier molecular flexibility index (Phi) is 7.56. The summed E-state index contributed by atoms with van der Waals surface area (Å²) >= 11 is 0. The second-order valence-electron chi connectivity index (χ2n) is 7.34. The number of carboxylic acid groups (broad SMARTS) is 1. The van der Waals surface area contributed by atoms with Crippen LogP contribution < -0.4 is 4.74 Å². The smallest absolute Gasteiger partial charge is 0.338 e. The fourth-order valence-electron chi connectivity index (χ4n) is 3.69. The van der Waals surface area contributed by atoms with Gasteiger partial charge in [-0.3, -0.25) is 4.79 Å². The lowest BCUT2D eigenvalue weighted by Crippen LogP contribution is -2.34. The van der Waals surface area contributed by atoms with Gasteiger partial charge in [0.05, 0.1) is 5.56 Å². The van der Waals surface area contributed by atoms with E-state index in [0.717, 1.165) is 0 Å². The van der Waals surface area contributed by atoms with Crippen LogP contribution in [-0.2, 0) is 14.3 Å². The highest BCUT2D eigenvalue weighted by Gasteiger charge is 2.43. The number of carbonyl (C=O) groups excluding carboxylic acids is 2. The molecule has 2 aromatic rings. The molecule has 2 aromatic carbocycles. The number of ketones is 1. The molecule has 1 unspecified atom stereocenters. The van der Waals surface area contributed by atoms with Crippen LogP contribution in [0, 0.1) is 11.8 Å². The van der Waals surface area contributed by atoms with E-state index >= 15 is 0 Å². The normalized spacial score (nSPS) is 21.5. The Morgan fingerprint density at radius 2 is 1.65 bits per heavy atom. The Labute approximate surface area is 179 Å². The largest absolute Gasteiger partial charge is 0.485 e. The number of carboxylic acids is 1. The number of para-hydroxylation sites is 1. The van der Waals surface area contributed by atoms with Gasteiger partial charge in [0.25, 0.3) is 0 Å². The van der Waals surface area contributed by atoms with E-state index in [1.807, 2.05) is 6.07 Å². The van der Waals surface area contributed by atoms with E-state index in [2.05, 4.69) is 0 Å². The molecule has 0 saturated heterocycles. The van der Waals surface area contributed by atoms with Gasteiger partial charge in [-0.1, -0.05) is 42.5 Å². The lowest BCUT2D eigenvalue weighted by atomic mass is 9.89. The first-order valence-corrected chi connectivity index (χ1v) is 10.0. The van der Waals surface area contributed by atoms with E-state index in [1.165, 1.54) is 12.2 Å². The first-order valence-electron chi connectivity index (χ1n) is 10.0. The maximum Gasteiger partial charge on any atom is 0.338 e. The molecular weight excluding hydrogens is 400 g/mol. The molecule has 0 spiro atoms. The summed E-state index contributed by atoms with van der Waals surface area (Å²) in [6.07, 6.45) is 1.28. The van der Waals surface area contributed by atoms with Crippen LogP contribution in [0.2, 0.25) is 0 Å². The number of aliphatic carboxylic acids is 1. The van der Waals surface area contributed by atoms with Gasteiger partial charge in [0.1, 0.15) is 11.9 Å². The van der Waals surface area contributed by atoms with Crippen LogP contribution in [0.25, 0.3) is 0 Å². The molecule has 1 saturated carbocycles. The van der Waals surface area contributed by atoms with Crippen LogP contribution in [-0.4, -0.2) is 46.7 Å². The summed E-state index contributed by atoms with van der Waals surface area (Å²) in [4.78, 5) is 36.0. The number of hydrogen-bond acceptors (Lipinski definition) is 6. The molecule has 0 aliphatic heterocycles. The minimum absolute atomic E-state index is 0.187. The van der Waals surface area contributed by atoms with Crippen molar-refractivity contribution in [3.63, 3.8) is 0 Å². The first kappa shape index (κ1) is 22.2. The molecule has 1 aliphatic carbocycles. The monoisotopic (exact) mass is 424 g/mol. The van der Waals surface area contributed by atoms with Crippen LogP contribution >= 0.6 is 0 Å². The molecule has 4 atom stereocenters. The highest BCUT2D eigenvalue weighted by molar-refractivity contribution is 5.91. The lowest BCUT2D eigenvalue weighted by molar-refractivity contribution is -0.150. The SMILES string of the molecule is O=C(C=C[C@@H]1[C@@H](OC(=O)c2ccccc2)CC[C@H]1C(O)C(=O)O)COc1ccccc1. The van der Waals surface area contributed by atoms with Crippen LogP contribution in [0.1, 0.15) is 23.2 Å². The highest BCUT2D eigenvalue weighted by Crippen LogP contribution is 2.38. The Hall–Kier alpha value is -3.45. The first-order chi connectivity index (χ1) is 15.0. The Morgan fingerprint density at radius 3 is 2.29 bits per heavy atom. The van der Waals surface area contributed by atoms with Gasteiger partial charge in [-0.15, -0.1) is 0 Å². The average Bonchev–Trinajstić information content (AvgIpc) is 3.19. The quantitative estimate of drug-likeness (QED) is 0.470. The van der Waals surface area contributed by atoms with Crippen LogP contribution in [0.3, 0.4) is 0 Å². The van der Waals surface area contributed by atoms with E-state index in [0.29, 0.717) is 24.2 Å². The highest BCUT2D eigenvalue weighted by atomic mass is 16.5. The summed E-state index contributed by atoms with van der Waals surface area (Å²) < 4.78 is 11.0. The van der Waals surface area contributed by atoms with Crippen molar-refractivity contribution < 1.29 is 34.1 Å². The standard InChI is InChI=1S/C24H24O7/c25-17(15-30-18-9-5-2-6-10-18)11-12-19-20(22(26)23(27)28)13-14-21(19)31-24(29)16-7-3-1-4-8-16/h1-12,19-22,26H,13-15H2,(H,27,28)/t19-,20+,21-,22?/m0/s1. The minimum Gasteiger partial charge on any atom is -0.485 e. The summed E-state index contributed by atoms with van der Waals surface area (Å²) in [5, 5.41) is 19.3. The van der Waals surface area contributed by atoms with Crippen molar-refractivity contribution in [2.45, 2.75) is 25.0 Å². The number of esters is 1. The molecule has 162 valence electrons. The van der Waals surface area contributed by atoms with Crippen molar-refractivity contribution >= 4 is 17.7 Å². The molecule has 7 heteroatoms. The molecule has 31 heavy (non-hydrogen) atoms. The zero-order chi connectivity index (χ0) is 22.2. The number of hydrogen-bond donors (Lipinski definition) is 2. The van der Waals surface area contributed by atoms with Crippen molar-refractivity contribution in [3.8, 4) is 5.75 Å². The van der Waals surface area contributed by atoms with Gasteiger partial charge in [0.15, 0.2) is 18.5 Å². The second-order valence-corrected chi connectivity index (χ2v) is 7.34. The number of rotatable bonds is 9. The number of aliphatic hydroxyl groups excluding tert-OH is 1. The average molecular weight is 424 g/mol. The molecule has 0 heterocycles. The molecule has 0 bridgehead atoms. The van der Waals surface area contributed by atoms with Crippen molar-refractivity contribution in [1.82, 2.24) is 0 Å². The maximum absolute atomic E-state index is 12.4.